The van der Waals surface area contributed by atoms with Gasteiger partial charge in [0.2, 0.25) is 5.91 Å². The van der Waals surface area contributed by atoms with Crippen LogP contribution in [0.15, 0.2) is 0 Å². The number of likely N-dealkylation sites (tertiary alicyclic amines) is 1. The van der Waals surface area contributed by atoms with Gasteiger partial charge in [0.15, 0.2) is 0 Å². The summed E-state index contributed by atoms with van der Waals surface area (Å²) in [7, 11) is 0. The van der Waals surface area contributed by atoms with Crippen molar-refractivity contribution in [2.24, 2.45) is 11.7 Å². The fourth-order valence-corrected chi connectivity index (χ4v) is 2.96. The summed E-state index contributed by atoms with van der Waals surface area (Å²) in [5.41, 5.74) is 5.76. The Balaban J connectivity index is 1.88. The van der Waals surface area contributed by atoms with Crippen molar-refractivity contribution in [2.75, 3.05) is 26.2 Å². The molecule has 0 aromatic carbocycles. The zero-order valence-corrected chi connectivity index (χ0v) is 11.8. The first-order valence-corrected chi connectivity index (χ1v) is 7.39. The number of nitrogens with zero attached hydrogens (tertiary/aromatic N) is 2. The molecule has 1 aliphatic heterocycles. The van der Waals surface area contributed by atoms with Gasteiger partial charge in [-0.2, -0.15) is 0 Å². The van der Waals surface area contributed by atoms with Crippen LogP contribution in [0.4, 0.5) is 0 Å². The van der Waals surface area contributed by atoms with Gasteiger partial charge in [-0.25, -0.2) is 0 Å². The van der Waals surface area contributed by atoms with Crippen LogP contribution in [-0.4, -0.2) is 54.0 Å². The van der Waals surface area contributed by atoms with Gasteiger partial charge in [0.1, 0.15) is 0 Å². The van der Waals surface area contributed by atoms with E-state index in [0.717, 1.165) is 19.6 Å². The van der Waals surface area contributed by atoms with Crippen molar-refractivity contribution in [1.82, 2.24) is 9.80 Å². The molecule has 2 fully saturated rings. The second-order valence-corrected chi connectivity index (χ2v) is 5.87. The summed E-state index contributed by atoms with van der Waals surface area (Å²) in [5.74, 6) is 0.884. The summed E-state index contributed by atoms with van der Waals surface area (Å²) in [6.07, 6.45) is 4.77. The van der Waals surface area contributed by atoms with Crippen molar-refractivity contribution >= 4 is 5.91 Å². The van der Waals surface area contributed by atoms with E-state index in [1.807, 2.05) is 0 Å². The molecule has 2 rings (SSSR count). The molecule has 18 heavy (non-hydrogen) atoms. The Bertz CT molecular complexity index is 291. The molecule has 104 valence electrons. The molecule has 2 unspecified atom stereocenters. The average Bonchev–Trinajstić information content (AvgIpc) is 3.17. The van der Waals surface area contributed by atoms with E-state index in [1.54, 1.807) is 0 Å². The van der Waals surface area contributed by atoms with E-state index in [2.05, 4.69) is 23.6 Å². The van der Waals surface area contributed by atoms with Crippen molar-refractivity contribution in [3.05, 3.63) is 0 Å². The Hall–Kier alpha value is -0.610. The molecule has 0 aromatic heterocycles. The predicted octanol–water partition coefficient (Wildman–Crippen LogP) is 1.06. The molecular formula is C14H27N3O. The van der Waals surface area contributed by atoms with Crippen LogP contribution in [0.2, 0.25) is 0 Å². The van der Waals surface area contributed by atoms with Gasteiger partial charge in [0.05, 0.1) is 6.54 Å². The van der Waals surface area contributed by atoms with Gasteiger partial charge in [0.25, 0.3) is 0 Å². The number of carbonyl (C=O) groups is 1. The molecule has 1 aliphatic carbocycles. The number of nitrogens with two attached hydrogens (primary N) is 1. The molecule has 2 atom stereocenters. The Labute approximate surface area is 110 Å². The molecule has 1 saturated heterocycles. The van der Waals surface area contributed by atoms with Crippen molar-refractivity contribution in [1.29, 1.82) is 0 Å². The van der Waals surface area contributed by atoms with Crippen LogP contribution < -0.4 is 5.73 Å². The minimum atomic E-state index is 0.310. The quantitative estimate of drug-likeness (QED) is 0.797. The maximum absolute atomic E-state index is 12.3. The molecular weight excluding hydrogens is 226 g/mol. The van der Waals surface area contributed by atoms with E-state index >= 15 is 0 Å². The Kier molecular flexibility index (Phi) is 4.62. The van der Waals surface area contributed by atoms with Crippen LogP contribution in [0, 0.1) is 5.92 Å². The maximum Gasteiger partial charge on any atom is 0.236 e. The minimum absolute atomic E-state index is 0.310. The topological polar surface area (TPSA) is 49.6 Å². The van der Waals surface area contributed by atoms with Gasteiger partial charge < -0.3 is 10.6 Å². The first-order chi connectivity index (χ1) is 8.65. The molecule has 2 aliphatic rings. The molecule has 2 N–H and O–H groups in total. The van der Waals surface area contributed by atoms with E-state index in [4.69, 9.17) is 5.73 Å². The number of hydrogen-bond donors (Lipinski definition) is 1. The summed E-state index contributed by atoms with van der Waals surface area (Å²) in [5, 5.41) is 0. The predicted molar refractivity (Wildman–Crippen MR) is 73.2 cm³/mol. The lowest BCUT2D eigenvalue weighted by atomic mass is 9.93. The van der Waals surface area contributed by atoms with Gasteiger partial charge in [-0.05, 0) is 52.0 Å². The van der Waals surface area contributed by atoms with Crippen LogP contribution in [-0.2, 0) is 4.79 Å². The number of piperidine rings is 1. The first kappa shape index (κ1) is 13.8. The smallest absolute Gasteiger partial charge is 0.236 e. The minimum Gasteiger partial charge on any atom is -0.339 e. The Morgan fingerprint density at radius 2 is 2.06 bits per heavy atom. The highest BCUT2D eigenvalue weighted by atomic mass is 16.2. The number of hydrogen-bond acceptors (Lipinski definition) is 3. The monoisotopic (exact) mass is 253 g/mol. The van der Waals surface area contributed by atoms with Crippen LogP contribution in [0.1, 0.15) is 39.5 Å². The third-order valence-corrected chi connectivity index (χ3v) is 4.43. The van der Waals surface area contributed by atoms with Crippen LogP contribution in [0.5, 0.6) is 0 Å². The highest BCUT2D eigenvalue weighted by molar-refractivity contribution is 5.79. The lowest BCUT2D eigenvalue weighted by Crippen LogP contribution is -2.49. The summed E-state index contributed by atoms with van der Waals surface area (Å²) >= 11 is 0. The third-order valence-electron chi connectivity index (χ3n) is 4.43. The Morgan fingerprint density at radius 3 is 2.61 bits per heavy atom. The van der Waals surface area contributed by atoms with Gasteiger partial charge >= 0.3 is 0 Å². The maximum atomic E-state index is 12.3. The van der Waals surface area contributed by atoms with Crippen molar-refractivity contribution in [2.45, 2.75) is 51.6 Å². The van der Waals surface area contributed by atoms with E-state index in [-0.39, 0.29) is 0 Å². The normalized spacial score (nSPS) is 29.3. The lowest BCUT2D eigenvalue weighted by molar-refractivity contribution is -0.133. The second kappa shape index (κ2) is 6.02. The van der Waals surface area contributed by atoms with Crippen molar-refractivity contribution in [3.63, 3.8) is 0 Å². The van der Waals surface area contributed by atoms with Crippen LogP contribution >= 0.6 is 0 Å². The number of amides is 1. The van der Waals surface area contributed by atoms with E-state index < -0.39 is 0 Å². The molecule has 0 aromatic rings. The van der Waals surface area contributed by atoms with Crippen molar-refractivity contribution < 1.29 is 4.79 Å². The summed E-state index contributed by atoms with van der Waals surface area (Å²) < 4.78 is 0. The van der Waals surface area contributed by atoms with Gasteiger partial charge in [-0.1, -0.05) is 0 Å². The lowest BCUT2D eigenvalue weighted by Gasteiger charge is -2.38. The summed E-state index contributed by atoms with van der Waals surface area (Å²) in [6.45, 7) is 7.49. The van der Waals surface area contributed by atoms with Gasteiger partial charge in [-0.15, -0.1) is 0 Å². The number of likely N-dealkylation sites (N-methyl/N-ethyl adjacent to an activating group) is 1. The molecule has 4 nitrogen and oxygen atoms in total. The number of rotatable bonds is 5. The molecule has 0 radical (unpaired) electrons. The van der Waals surface area contributed by atoms with Gasteiger partial charge in [0, 0.05) is 25.2 Å². The van der Waals surface area contributed by atoms with Crippen LogP contribution in [0.25, 0.3) is 0 Å². The van der Waals surface area contributed by atoms with Crippen molar-refractivity contribution in [3.8, 4) is 0 Å². The Morgan fingerprint density at radius 1 is 1.33 bits per heavy atom. The molecule has 1 amide bonds. The highest BCUT2D eigenvalue weighted by Gasteiger charge is 2.33. The van der Waals surface area contributed by atoms with E-state index in [0.29, 0.717) is 30.5 Å². The van der Waals surface area contributed by atoms with E-state index in [1.165, 1.54) is 25.7 Å². The standard InChI is InChI=1S/C14H27N3O/c1-3-17(13-6-7-13)14(18)10-16-9-12(8-15)5-4-11(16)2/h11-13H,3-10,15H2,1-2H3. The molecule has 1 heterocycles. The molecule has 4 heteroatoms. The van der Waals surface area contributed by atoms with E-state index in [9.17, 15) is 4.79 Å². The fourth-order valence-electron chi connectivity index (χ4n) is 2.96. The largest absolute Gasteiger partial charge is 0.339 e. The fraction of sp³-hybridized carbons (Fsp3) is 0.929. The summed E-state index contributed by atoms with van der Waals surface area (Å²) in [6, 6.07) is 1.06. The zero-order valence-electron chi connectivity index (χ0n) is 11.8. The second-order valence-electron chi connectivity index (χ2n) is 5.87. The first-order valence-electron chi connectivity index (χ1n) is 7.39. The average molecular weight is 253 g/mol. The van der Waals surface area contributed by atoms with Crippen LogP contribution in [0.3, 0.4) is 0 Å². The molecule has 1 saturated carbocycles. The third kappa shape index (κ3) is 3.23. The molecule has 0 spiro atoms. The zero-order chi connectivity index (χ0) is 13.1. The summed E-state index contributed by atoms with van der Waals surface area (Å²) in [4.78, 5) is 16.7. The van der Waals surface area contributed by atoms with Gasteiger partial charge in [-0.3, -0.25) is 9.69 Å². The molecule has 0 bridgehead atoms. The highest BCUT2D eigenvalue weighted by Crippen LogP contribution is 2.27. The number of carbonyl (C=O) groups excluding carboxylic acids is 1. The SMILES string of the molecule is CCN(C(=O)CN1CC(CN)CCC1C)C1CC1.